The van der Waals surface area contributed by atoms with E-state index in [-0.39, 0.29) is 5.82 Å². The van der Waals surface area contributed by atoms with E-state index in [1.807, 2.05) is 13.0 Å². The molecule has 0 saturated carbocycles. The second-order valence-electron chi connectivity index (χ2n) is 4.07. The van der Waals surface area contributed by atoms with Gasteiger partial charge in [0.1, 0.15) is 5.82 Å². The van der Waals surface area contributed by atoms with Crippen LogP contribution in [0, 0.1) is 5.82 Å². The molecule has 0 aromatic heterocycles. The molecule has 106 valence electrons. The minimum absolute atomic E-state index is 0.167. The van der Waals surface area contributed by atoms with E-state index >= 15 is 0 Å². The maximum atomic E-state index is 13.3. The maximum absolute atomic E-state index is 13.3. The van der Waals surface area contributed by atoms with E-state index in [9.17, 15) is 4.39 Å². The molecule has 0 saturated heterocycles. The fourth-order valence-electron chi connectivity index (χ4n) is 1.59. The molecule has 0 bridgehead atoms. The number of ether oxygens (including phenoxy) is 1. The highest BCUT2D eigenvalue weighted by Gasteiger charge is 2.00. The zero-order valence-corrected chi connectivity index (χ0v) is 12.1. The summed E-state index contributed by atoms with van der Waals surface area (Å²) in [5.74, 6) is -0.167. The van der Waals surface area contributed by atoms with Gasteiger partial charge in [-0.05, 0) is 43.6 Å². The average Bonchev–Trinajstić information content (AvgIpc) is 2.41. The van der Waals surface area contributed by atoms with Gasteiger partial charge in [0.25, 0.3) is 0 Å². The number of rotatable bonds is 8. The van der Waals surface area contributed by atoms with Crippen LogP contribution in [0.15, 0.2) is 24.3 Å². The molecule has 0 amide bonds. The van der Waals surface area contributed by atoms with E-state index in [1.165, 1.54) is 6.07 Å². The van der Waals surface area contributed by atoms with Crippen LogP contribution in [0.4, 0.5) is 4.39 Å². The van der Waals surface area contributed by atoms with Crippen LogP contribution in [0.5, 0.6) is 0 Å². The molecule has 1 aromatic carbocycles. The molecule has 5 heteroatoms. The normalized spacial score (nSPS) is 10.2. The third-order valence-electron chi connectivity index (χ3n) is 2.59. The first-order valence-electron chi connectivity index (χ1n) is 6.57. The molecular formula is C14H21FN2OS. The van der Waals surface area contributed by atoms with Crippen LogP contribution in [0.25, 0.3) is 0 Å². The van der Waals surface area contributed by atoms with Crippen molar-refractivity contribution in [3.05, 3.63) is 35.6 Å². The van der Waals surface area contributed by atoms with Crippen molar-refractivity contribution in [2.45, 2.75) is 19.8 Å². The van der Waals surface area contributed by atoms with Gasteiger partial charge in [-0.15, -0.1) is 0 Å². The number of hydrogen-bond donors (Lipinski definition) is 2. The summed E-state index contributed by atoms with van der Waals surface area (Å²) in [4.78, 5) is 0. The Morgan fingerprint density at radius 1 is 1.26 bits per heavy atom. The van der Waals surface area contributed by atoms with Gasteiger partial charge in [0.05, 0.1) is 0 Å². The topological polar surface area (TPSA) is 33.3 Å². The van der Waals surface area contributed by atoms with Crippen LogP contribution < -0.4 is 10.6 Å². The van der Waals surface area contributed by atoms with Crippen molar-refractivity contribution in [3.8, 4) is 0 Å². The molecule has 0 aliphatic heterocycles. The van der Waals surface area contributed by atoms with Gasteiger partial charge in [0.15, 0.2) is 5.11 Å². The predicted octanol–water partition coefficient (Wildman–Crippen LogP) is 2.26. The summed E-state index contributed by atoms with van der Waals surface area (Å²) < 4.78 is 18.6. The lowest BCUT2D eigenvalue weighted by Crippen LogP contribution is -2.37. The molecule has 0 spiro atoms. The van der Waals surface area contributed by atoms with Crippen LogP contribution in [-0.2, 0) is 11.2 Å². The minimum atomic E-state index is -0.167. The van der Waals surface area contributed by atoms with Gasteiger partial charge in [-0.25, -0.2) is 4.39 Å². The van der Waals surface area contributed by atoms with Crippen molar-refractivity contribution >= 4 is 17.3 Å². The largest absolute Gasteiger partial charge is 0.382 e. The Morgan fingerprint density at radius 2 is 2.00 bits per heavy atom. The second kappa shape index (κ2) is 9.69. The summed E-state index contributed by atoms with van der Waals surface area (Å²) in [5, 5.41) is 6.76. The number of hydrogen-bond acceptors (Lipinski definition) is 2. The smallest absolute Gasteiger partial charge is 0.166 e. The molecule has 0 fully saturated rings. The van der Waals surface area contributed by atoms with Crippen molar-refractivity contribution in [1.29, 1.82) is 0 Å². The Balaban J connectivity index is 2.09. The van der Waals surface area contributed by atoms with E-state index in [1.54, 1.807) is 12.1 Å². The fraction of sp³-hybridized carbons (Fsp3) is 0.500. The van der Waals surface area contributed by atoms with Crippen LogP contribution in [-0.4, -0.2) is 31.4 Å². The number of halogens is 1. The van der Waals surface area contributed by atoms with Crippen LogP contribution in [0.3, 0.4) is 0 Å². The molecule has 0 aliphatic carbocycles. The van der Waals surface area contributed by atoms with Gasteiger partial charge in [-0.2, -0.15) is 0 Å². The highest BCUT2D eigenvalue weighted by molar-refractivity contribution is 7.80. The van der Waals surface area contributed by atoms with Gasteiger partial charge in [-0.3, -0.25) is 0 Å². The zero-order valence-electron chi connectivity index (χ0n) is 11.2. The van der Waals surface area contributed by atoms with Gasteiger partial charge in [-0.1, -0.05) is 18.2 Å². The molecule has 0 radical (unpaired) electrons. The molecular weight excluding hydrogens is 263 g/mol. The predicted molar refractivity (Wildman–Crippen MR) is 79.8 cm³/mol. The lowest BCUT2D eigenvalue weighted by Gasteiger charge is -2.10. The molecule has 0 heterocycles. The van der Waals surface area contributed by atoms with Gasteiger partial charge < -0.3 is 15.4 Å². The average molecular weight is 284 g/mol. The molecule has 0 atom stereocenters. The van der Waals surface area contributed by atoms with Crippen molar-refractivity contribution in [2.24, 2.45) is 0 Å². The first kappa shape index (κ1) is 15.9. The summed E-state index contributed by atoms with van der Waals surface area (Å²) >= 11 is 5.12. The molecule has 2 N–H and O–H groups in total. The first-order valence-corrected chi connectivity index (χ1v) is 6.97. The van der Waals surface area contributed by atoms with Crippen LogP contribution in [0.2, 0.25) is 0 Å². The Labute approximate surface area is 119 Å². The van der Waals surface area contributed by atoms with Crippen molar-refractivity contribution in [3.63, 3.8) is 0 Å². The number of nitrogens with one attached hydrogen (secondary N) is 2. The zero-order chi connectivity index (χ0) is 13.9. The molecule has 1 aromatic rings. The van der Waals surface area contributed by atoms with E-state index in [4.69, 9.17) is 17.0 Å². The fourth-order valence-corrected chi connectivity index (χ4v) is 1.80. The molecule has 19 heavy (non-hydrogen) atoms. The Kier molecular flexibility index (Phi) is 8.09. The van der Waals surface area contributed by atoms with Gasteiger partial charge in [0.2, 0.25) is 0 Å². The van der Waals surface area contributed by atoms with Crippen molar-refractivity contribution in [1.82, 2.24) is 10.6 Å². The number of thiocarbonyl (C=S) groups is 1. The van der Waals surface area contributed by atoms with E-state index in [0.29, 0.717) is 23.6 Å². The van der Waals surface area contributed by atoms with E-state index in [0.717, 1.165) is 26.2 Å². The summed E-state index contributed by atoms with van der Waals surface area (Å²) in [6.07, 6.45) is 1.54. The highest BCUT2D eigenvalue weighted by atomic mass is 32.1. The Bertz CT molecular complexity index is 387. The lowest BCUT2D eigenvalue weighted by atomic mass is 10.1. The van der Waals surface area contributed by atoms with Crippen LogP contribution >= 0.6 is 12.2 Å². The van der Waals surface area contributed by atoms with E-state index in [2.05, 4.69) is 10.6 Å². The summed E-state index contributed by atoms with van der Waals surface area (Å²) in [6, 6.07) is 6.79. The minimum Gasteiger partial charge on any atom is -0.382 e. The Hall–Kier alpha value is -1.20. The van der Waals surface area contributed by atoms with E-state index < -0.39 is 0 Å². The van der Waals surface area contributed by atoms with Crippen molar-refractivity contribution in [2.75, 3.05) is 26.3 Å². The van der Waals surface area contributed by atoms with Crippen LogP contribution in [0.1, 0.15) is 18.9 Å². The SMILES string of the molecule is CCOCCCNC(=S)NCCc1ccccc1F. The lowest BCUT2D eigenvalue weighted by molar-refractivity contribution is 0.145. The maximum Gasteiger partial charge on any atom is 0.166 e. The standard InChI is InChI=1S/C14H21FN2OS/c1-2-18-11-5-9-16-14(19)17-10-8-12-6-3-4-7-13(12)15/h3-4,6-7H,2,5,8-11H2,1H3,(H2,16,17,19). The third kappa shape index (κ3) is 7.08. The molecule has 0 aliphatic rings. The Morgan fingerprint density at radius 3 is 2.74 bits per heavy atom. The summed E-state index contributed by atoms with van der Waals surface area (Å²) in [6.45, 7) is 4.86. The number of benzene rings is 1. The molecule has 3 nitrogen and oxygen atoms in total. The monoisotopic (exact) mass is 284 g/mol. The first-order chi connectivity index (χ1) is 9.24. The third-order valence-corrected chi connectivity index (χ3v) is 2.88. The molecule has 0 unspecified atom stereocenters. The van der Waals surface area contributed by atoms with Crippen molar-refractivity contribution < 1.29 is 9.13 Å². The molecule has 1 rings (SSSR count). The van der Waals surface area contributed by atoms with Gasteiger partial charge in [0, 0.05) is 26.3 Å². The second-order valence-corrected chi connectivity index (χ2v) is 4.48. The quantitative estimate of drug-likeness (QED) is 0.567. The summed E-state index contributed by atoms with van der Waals surface area (Å²) in [5.41, 5.74) is 0.703. The highest BCUT2D eigenvalue weighted by Crippen LogP contribution is 2.05. The summed E-state index contributed by atoms with van der Waals surface area (Å²) in [7, 11) is 0. The van der Waals surface area contributed by atoms with Gasteiger partial charge >= 0.3 is 0 Å².